The van der Waals surface area contributed by atoms with Gasteiger partial charge in [0.25, 0.3) is 0 Å². The predicted octanol–water partition coefficient (Wildman–Crippen LogP) is 2.99. The fraction of sp³-hybridized carbons (Fsp3) is 0.938. The largest absolute Gasteiger partial charge is 0.352 e. The standard InChI is InChI=1S/C16H30N2O/c1-13(14-8-4-2-5-9-14)17-12-16(19)18-15-10-6-3-7-11-15/h13-15,17H,2-12H2,1H3,(H,18,19)/t13-/m0/s1. The molecular formula is C16H30N2O. The van der Waals surface area contributed by atoms with E-state index in [1.54, 1.807) is 0 Å². The molecule has 0 aromatic heterocycles. The van der Waals surface area contributed by atoms with Crippen LogP contribution in [0.4, 0.5) is 0 Å². The first-order valence-electron chi connectivity index (χ1n) is 8.28. The third kappa shape index (κ3) is 5.13. The van der Waals surface area contributed by atoms with Crippen molar-refractivity contribution >= 4 is 5.91 Å². The zero-order chi connectivity index (χ0) is 13.5. The number of nitrogens with one attached hydrogen (secondary N) is 2. The van der Waals surface area contributed by atoms with Crippen molar-refractivity contribution in [2.45, 2.75) is 83.2 Å². The fourth-order valence-electron chi connectivity index (χ4n) is 3.58. The number of hydrogen-bond donors (Lipinski definition) is 2. The third-order valence-corrected chi connectivity index (χ3v) is 4.91. The molecule has 0 aromatic rings. The monoisotopic (exact) mass is 266 g/mol. The SMILES string of the molecule is C[C@H](NCC(=O)NC1CCCCC1)C1CCCCC1. The molecule has 1 amide bonds. The average Bonchev–Trinajstić information content (AvgIpc) is 2.47. The number of carbonyl (C=O) groups excluding carboxylic acids is 1. The van der Waals surface area contributed by atoms with E-state index in [0.717, 1.165) is 5.92 Å². The van der Waals surface area contributed by atoms with Gasteiger partial charge in [-0.2, -0.15) is 0 Å². The van der Waals surface area contributed by atoms with E-state index in [-0.39, 0.29) is 5.91 Å². The topological polar surface area (TPSA) is 41.1 Å². The quantitative estimate of drug-likeness (QED) is 0.803. The van der Waals surface area contributed by atoms with Gasteiger partial charge in [-0.15, -0.1) is 0 Å². The van der Waals surface area contributed by atoms with Crippen molar-refractivity contribution < 1.29 is 4.79 Å². The Balaban J connectivity index is 1.61. The summed E-state index contributed by atoms with van der Waals surface area (Å²) < 4.78 is 0. The van der Waals surface area contributed by atoms with E-state index in [9.17, 15) is 4.79 Å². The predicted molar refractivity (Wildman–Crippen MR) is 79.1 cm³/mol. The van der Waals surface area contributed by atoms with Gasteiger partial charge in [-0.25, -0.2) is 0 Å². The van der Waals surface area contributed by atoms with Crippen LogP contribution in [0.5, 0.6) is 0 Å². The van der Waals surface area contributed by atoms with Gasteiger partial charge in [-0.05, 0) is 38.5 Å². The molecular weight excluding hydrogens is 236 g/mol. The highest BCUT2D eigenvalue weighted by atomic mass is 16.1. The maximum atomic E-state index is 11.9. The summed E-state index contributed by atoms with van der Waals surface area (Å²) in [6, 6.07) is 0.922. The molecule has 2 aliphatic rings. The fourth-order valence-corrected chi connectivity index (χ4v) is 3.58. The minimum absolute atomic E-state index is 0.189. The lowest BCUT2D eigenvalue weighted by molar-refractivity contribution is -0.121. The summed E-state index contributed by atoms with van der Waals surface area (Å²) in [5.41, 5.74) is 0. The van der Waals surface area contributed by atoms with E-state index in [1.807, 2.05) is 0 Å². The highest BCUT2D eigenvalue weighted by Crippen LogP contribution is 2.26. The molecule has 2 aliphatic carbocycles. The number of rotatable bonds is 5. The molecule has 0 aromatic carbocycles. The summed E-state index contributed by atoms with van der Waals surface area (Å²) in [5, 5.41) is 6.61. The number of carbonyl (C=O) groups is 1. The molecule has 3 nitrogen and oxygen atoms in total. The van der Waals surface area contributed by atoms with Gasteiger partial charge in [0.15, 0.2) is 0 Å². The minimum atomic E-state index is 0.189. The minimum Gasteiger partial charge on any atom is -0.352 e. The summed E-state index contributed by atoms with van der Waals surface area (Å²) in [4.78, 5) is 11.9. The molecule has 2 N–H and O–H groups in total. The van der Waals surface area contributed by atoms with Crippen molar-refractivity contribution in [1.29, 1.82) is 0 Å². The lowest BCUT2D eigenvalue weighted by atomic mass is 9.84. The zero-order valence-corrected chi connectivity index (χ0v) is 12.4. The van der Waals surface area contributed by atoms with Crippen molar-refractivity contribution in [3.05, 3.63) is 0 Å². The second-order valence-electron chi connectivity index (χ2n) is 6.47. The summed E-state index contributed by atoms with van der Waals surface area (Å²) in [5.74, 6) is 0.964. The Hall–Kier alpha value is -0.570. The van der Waals surface area contributed by atoms with Crippen molar-refractivity contribution in [3.8, 4) is 0 Å². The summed E-state index contributed by atoms with van der Waals surface area (Å²) in [6.07, 6.45) is 13.0. The van der Waals surface area contributed by atoms with Crippen molar-refractivity contribution in [2.24, 2.45) is 5.92 Å². The molecule has 1 atom stereocenters. The van der Waals surface area contributed by atoms with Crippen LogP contribution < -0.4 is 10.6 Å². The van der Waals surface area contributed by atoms with Gasteiger partial charge < -0.3 is 10.6 Å². The Morgan fingerprint density at radius 3 is 2.21 bits per heavy atom. The Bertz CT molecular complexity index is 268. The second kappa shape index (κ2) is 7.88. The Morgan fingerprint density at radius 1 is 1.00 bits per heavy atom. The van der Waals surface area contributed by atoms with Crippen LogP contribution in [0.3, 0.4) is 0 Å². The molecule has 0 aliphatic heterocycles. The van der Waals surface area contributed by atoms with E-state index in [2.05, 4.69) is 17.6 Å². The van der Waals surface area contributed by atoms with Gasteiger partial charge in [-0.3, -0.25) is 4.79 Å². The van der Waals surface area contributed by atoms with Gasteiger partial charge in [0.05, 0.1) is 6.54 Å². The smallest absolute Gasteiger partial charge is 0.234 e. The summed E-state index contributed by atoms with van der Waals surface area (Å²) in [6.45, 7) is 2.73. The molecule has 2 rings (SSSR count). The zero-order valence-electron chi connectivity index (χ0n) is 12.4. The van der Waals surface area contributed by atoms with Gasteiger partial charge in [0.2, 0.25) is 5.91 Å². The van der Waals surface area contributed by atoms with Gasteiger partial charge in [0, 0.05) is 12.1 Å². The highest BCUT2D eigenvalue weighted by molar-refractivity contribution is 5.78. The van der Waals surface area contributed by atoms with Crippen molar-refractivity contribution in [2.75, 3.05) is 6.54 Å². The molecule has 0 bridgehead atoms. The van der Waals surface area contributed by atoms with Crippen LogP contribution in [0.1, 0.15) is 71.1 Å². The maximum absolute atomic E-state index is 11.9. The Morgan fingerprint density at radius 2 is 1.58 bits per heavy atom. The van der Waals surface area contributed by atoms with Crippen LogP contribution in [0.2, 0.25) is 0 Å². The Kier molecular flexibility index (Phi) is 6.15. The summed E-state index contributed by atoms with van der Waals surface area (Å²) >= 11 is 0. The molecule has 0 heterocycles. The van der Waals surface area contributed by atoms with Crippen LogP contribution in [-0.4, -0.2) is 24.5 Å². The van der Waals surface area contributed by atoms with Crippen LogP contribution in [0, 0.1) is 5.92 Å². The molecule has 3 heteroatoms. The molecule has 2 fully saturated rings. The molecule has 0 radical (unpaired) electrons. The first-order chi connectivity index (χ1) is 9.25. The van der Waals surface area contributed by atoms with E-state index < -0.39 is 0 Å². The molecule has 19 heavy (non-hydrogen) atoms. The lowest BCUT2D eigenvalue weighted by Gasteiger charge is -2.28. The van der Waals surface area contributed by atoms with Crippen molar-refractivity contribution in [3.63, 3.8) is 0 Å². The number of hydrogen-bond acceptors (Lipinski definition) is 2. The van der Waals surface area contributed by atoms with Crippen molar-refractivity contribution in [1.82, 2.24) is 10.6 Å². The van der Waals surface area contributed by atoms with Crippen LogP contribution >= 0.6 is 0 Å². The Labute approximate surface area is 117 Å². The second-order valence-corrected chi connectivity index (χ2v) is 6.47. The lowest BCUT2D eigenvalue weighted by Crippen LogP contribution is -2.45. The average molecular weight is 266 g/mol. The highest BCUT2D eigenvalue weighted by Gasteiger charge is 2.21. The third-order valence-electron chi connectivity index (χ3n) is 4.91. The maximum Gasteiger partial charge on any atom is 0.234 e. The first kappa shape index (κ1) is 14.8. The molecule has 110 valence electrons. The molecule has 2 saturated carbocycles. The van der Waals surface area contributed by atoms with Crippen LogP contribution in [0.15, 0.2) is 0 Å². The van der Waals surface area contributed by atoms with Gasteiger partial charge in [-0.1, -0.05) is 38.5 Å². The van der Waals surface area contributed by atoms with Gasteiger partial charge >= 0.3 is 0 Å². The van der Waals surface area contributed by atoms with E-state index in [4.69, 9.17) is 0 Å². The summed E-state index contributed by atoms with van der Waals surface area (Å²) in [7, 11) is 0. The van der Waals surface area contributed by atoms with Crippen LogP contribution in [-0.2, 0) is 4.79 Å². The van der Waals surface area contributed by atoms with E-state index in [0.29, 0.717) is 18.6 Å². The first-order valence-corrected chi connectivity index (χ1v) is 8.28. The van der Waals surface area contributed by atoms with E-state index in [1.165, 1.54) is 64.2 Å². The van der Waals surface area contributed by atoms with E-state index >= 15 is 0 Å². The molecule has 0 saturated heterocycles. The van der Waals surface area contributed by atoms with Gasteiger partial charge in [0.1, 0.15) is 0 Å². The van der Waals surface area contributed by atoms with Crippen LogP contribution in [0.25, 0.3) is 0 Å². The molecule has 0 spiro atoms. The molecule has 0 unspecified atom stereocenters. The number of amides is 1. The normalized spacial score (nSPS) is 24.1.